The van der Waals surface area contributed by atoms with Gasteiger partial charge in [-0.2, -0.15) is 5.10 Å². The molecule has 3 heterocycles. The van der Waals surface area contributed by atoms with Gasteiger partial charge in [0.05, 0.1) is 17.6 Å². The lowest BCUT2D eigenvalue weighted by molar-refractivity contribution is -0.120. The molecule has 1 aliphatic heterocycles. The van der Waals surface area contributed by atoms with E-state index in [-0.39, 0.29) is 11.9 Å². The number of benzene rings is 1. The van der Waals surface area contributed by atoms with Crippen LogP contribution < -0.4 is 10.2 Å². The second-order valence-electron chi connectivity index (χ2n) is 6.90. The van der Waals surface area contributed by atoms with Crippen molar-refractivity contribution in [2.24, 2.45) is 7.05 Å². The van der Waals surface area contributed by atoms with Crippen molar-refractivity contribution in [3.05, 3.63) is 41.8 Å². The summed E-state index contributed by atoms with van der Waals surface area (Å²) in [7, 11) is 1.87. The number of fused-ring (bicyclic) bond motifs is 1. The Labute approximate surface area is 168 Å². The molecule has 0 saturated carbocycles. The van der Waals surface area contributed by atoms with E-state index in [1.165, 1.54) is 0 Å². The molecule has 3 aromatic rings. The van der Waals surface area contributed by atoms with Gasteiger partial charge in [-0.05, 0) is 25.1 Å². The summed E-state index contributed by atoms with van der Waals surface area (Å²) in [5.74, 6) is 0.862. The van der Waals surface area contributed by atoms with E-state index in [2.05, 4.69) is 30.2 Å². The third-order valence-corrected chi connectivity index (χ3v) is 5.38. The van der Waals surface area contributed by atoms with Crippen LogP contribution >= 0.6 is 11.6 Å². The molecule has 1 aliphatic rings. The van der Waals surface area contributed by atoms with Crippen LogP contribution in [0.2, 0.25) is 5.02 Å². The zero-order chi connectivity index (χ0) is 19.7. The second kappa shape index (κ2) is 7.73. The van der Waals surface area contributed by atoms with Crippen molar-refractivity contribution in [1.82, 2.24) is 24.6 Å². The van der Waals surface area contributed by atoms with Crippen LogP contribution in [0.1, 0.15) is 6.92 Å². The predicted octanol–water partition coefficient (Wildman–Crippen LogP) is 2.17. The zero-order valence-corrected chi connectivity index (χ0v) is 16.6. The van der Waals surface area contributed by atoms with Gasteiger partial charge in [0, 0.05) is 43.9 Å². The molecule has 28 heavy (non-hydrogen) atoms. The van der Waals surface area contributed by atoms with E-state index < -0.39 is 0 Å². The Hall–Kier alpha value is -2.71. The Morgan fingerprint density at radius 1 is 1.21 bits per heavy atom. The summed E-state index contributed by atoms with van der Waals surface area (Å²) in [5, 5.41) is 8.77. The number of nitrogens with one attached hydrogen (secondary N) is 1. The number of aromatic nitrogens is 4. The lowest BCUT2D eigenvalue weighted by atomic mass is 10.2. The van der Waals surface area contributed by atoms with Gasteiger partial charge in [-0.3, -0.25) is 14.4 Å². The van der Waals surface area contributed by atoms with Crippen molar-refractivity contribution in [2.45, 2.75) is 13.0 Å². The lowest BCUT2D eigenvalue weighted by Gasteiger charge is -2.38. The maximum atomic E-state index is 12.6. The number of hydrogen-bond acceptors (Lipinski definition) is 6. The monoisotopic (exact) mass is 399 g/mol. The van der Waals surface area contributed by atoms with Crippen LogP contribution in [-0.2, 0) is 11.8 Å². The van der Waals surface area contributed by atoms with E-state index in [9.17, 15) is 4.79 Å². The summed E-state index contributed by atoms with van der Waals surface area (Å²) in [6, 6.07) is 6.96. The summed E-state index contributed by atoms with van der Waals surface area (Å²) in [5.41, 5.74) is 1.53. The number of rotatable bonds is 4. The number of aryl methyl sites for hydroxylation is 1. The highest BCUT2D eigenvalue weighted by Crippen LogP contribution is 2.23. The number of carbonyl (C=O) groups is 1. The molecule has 146 valence electrons. The average molecular weight is 400 g/mol. The Bertz CT molecular complexity index is 997. The zero-order valence-electron chi connectivity index (χ0n) is 15.8. The number of halogens is 1. The van der Waals surface area contributed by atoms with Crippen molar-refractivity contribution < 1.29 is 4.79 Å². The number of anilines is 2. The third-order valence-electron chi connectivity index (χ3n) is 5.14. The van der Waals surface area contributed by atoms with Gasteiger partial charge in [-0.1, -0.05) is 17.7 Å². The maximum absolute atomic E-state index is 12.6. The SMILES string of the molecule is CC(C(=O)Nc1cccc(Cl)c1)N1CCN(c2ncnc3c2cnn3C)CC1. The Balaban J connectivity index is 1.40. The molecular weight excluding hydrogens is 378 g/mol. The molecule has 1 aromatic carbocycles. The molecule has 0 bridgehead atoms. The first-order valence-electron chi connectivity index (χ1n) is 9.21. The molecule has 0 spiro atoms. The van der Waals surface area contributed by atoms with Crippen LogP contribution in [0.5, 0.6) is 0 Å². The van der Waals surface area contributed by atoms with Gasteiger partial charge in [0.25, 0.3) is 0 Å². The van der Waals surface area contributed by atoms with Crippen molar-refractivity contribution in [1.29, 1.82) is 0 Å². The van der Waals surface area contributed by atoms with Crippen LogP contribution in [0.25, 0.3) is 11.0 Å². The summed E-state index contributed by atoms with van der Waals surface area (Å²) in [6.45, 7) is 5.05. The fourth-order valence-corrected chi connectivity index (χ4v) is 3.69. The van der Waals surface area contributed by atoms with Gasteiger partial charge in [0.1, 0.15) is 12.1 Å². The molecule has 8 nitrogen and oxygen atoms in total. The minimum absolute atomic E-state index is 0.0348. The van der Waals surface area contributed by atoms with Crippen molar-refractivity contribution in [3.63, 3.8) is 0 Å². The molecule has 0 aliphatic carbocycles. The van der Waals surface area contributed by atoms with E-state index in [4.69, 9.17) is 11.6 Å². The van der Waals surface area contributed by atoms with Crippen molar-refractivity contribution >= 4 is 40.0 Å². The topological polar surface area (TPSA) is 79.2 Å². The van der Waals surface area contributed by atoms with Crippen LogP contribution in [0.15, 0.2) is 36.8 Å². The van der Waals surface area contributed by atoms with E-state index >= 15 is 0 Å². The maximum Gasteiger partial charge on any atom is 0.241 e. The fourth-order valence-electron chi connectivity index (χ4n) is 3.50. The normalized spacial score (nSPS) is 16.3. The smallest absolute Gasteiger partial charge is 0.241 e. The Morgan fingerprint density at radius 2 is 2.00 bits per heavy atom. The second-order valence-corrected chi connectivity index (χ2v) is 7.34. The molecule has 9 heteroatoms. The number of piperazine rings is 1. The van der Waals surface area contributed by atoms with E-state index in [0.29, 0.717) is 10.7 Å². The Kier molecular flexibility index (Phi) is 5.15. The van der Waals surface area contributed by atoms with Crippen LogP contribution in [0.4, 0.5) is 11.5 Å². The minimum Gasteiger partial charge on any atom is -0.353 e. The summed E-state index contributed by atoms with van der Waals surface area (Å²) in [4.78, 5) is 25.8. The molecule has 2 aromatic heterocycles. The van der Waals surface area contributed by atoms with E-state index in [1.807, 2.05) is 26.1 Å². The number of hydrogen-bond donors (Lipinski definition) is 1. The molecule has 0 radical (unpaired) electrons. The number of nitrogens with zero attached hydrogens (tertiary/aromatic N) is 6. The van der Waals surface area contributed by atoms with Crippen LogP contribution in [0.3, 0.4) is 0 Å². The molecular formula is C19H22ClN7O. The van der Waals surface area contributed by atoms with E-state index in [0.717, 1.165) is 43.0 Å². The average Bonchev–Trinajstić information content (AvgIpc) is 3.09. The first kappa shape index (κ1) is 18.6. The highest BCUT2D eigenvalue weighted by molar-refractivity contribution is 6.30. The van der Waals surface area contributed by atoms with Gasteiger partial charge in [0.15, 0.2) is 5.65 Å². The van der Waals surface area contributed by atoms with Gasteiger partial charge >= 0.3 is 0 Å². The van der Waals surface area contributed by atoms with Crippen LogP contribution in [-0.4, -0.2) is 62.8 Å². The molecule has 1 saturated heterocycles. The fraction of sp³-hybridized carbons (Fsp3) is 0.368. The summed E-state index contributed by atoms with van der Waals surface area (Å²) < 4.78 is 1.75. The molecule has 1 amide bonds. The van der Waals surface area contributed by atoms with Crippen molar-refractivity contribution in [2.75, 3.05) is 36.4 Å². The number of amides is 1. The molecule has 1 unspecified atom stereocenters. The first-order valence-corrected chi connectivity index (χ1v) is 9.59. The van der Waals surface area contributed by atoms with Crippen LogP contribution in [0, 0.1) is 0 Å². The molecule has 1 fully saturated rings. The highest BCUT2D eigenvalue weighted by atomic mass is 35.5. The summed E-state index contributed by atoms with van der Waals surface area (Å²) in [6.07, 6.45) is 3.38. The molecule has 4 rings (SSSR count). The molecule has 1 atom stereocenters. The summed E-state index contributed by atoms with van der Waals surface area (Å²) >= 11 is 5.99. The quantitative estimate of drug-likeness (QED) is 0.724. The van der Waals surface area contributed by atoms with Gasteiger partial charge in [-0.15, -0.1) is 0 Å². The highest BCUT2D eigenvalue weighted by Gasteiger charge is 2.27. The van der Waals surface area contributed by atoms with Gasteiger partial charge in [0.2, 0.25) is 5.91 Å². The van der Waals surface area contributed by atoms with Gasteiger partial charge in [-0.25, -0.2) is 9.97 Å². The third kappa shape index (κ3) is 3.65. The predicted molar refractivity (Wildman–Crippen MR) is 110 cm³/mol. The first-order chi connectivity index (χ1) is 13.5. The number of carbonyl (C=O) groups excluding carboxylic acids is 1. The molecule has 1 N–H and O–H groups in total. The van der Waals surface area contributed by atoms with E-state index in [1.54, 1.807) is 29.3 Å². The Morgan fingerprint density at radius 3 is 2.75 bits per heavy atom. The largest absolute Gasteiger partial charge is 0.353 e. The lowest BCUT2D eigenvalue weighted by Crippen LogP contribution is -2.53. The standard InChI is InChI=1S/C19H22ClN7O/c1-13(19(28)24-15-5-3-4-14(20)10-15)26-6-8-27(9-7-26)18-16-11-23-25(2)17(16)21-12-22-18/h3-5,10-13H,6-9H2,1-2H3,(H,24,28). The minimum atomic E-state index is -0.232. The van der Waals surface area contributed by atoms with Gasteiger partial charge < -0.3 is 10.2 Å². The van der Waals surface area contributed by atoms with Crippen molar-refractivity contribution in [3.8, 4) is 0 Å².